The normalized spacial score (nSPS) is 13.4. The average Bonchev–Trinajstić information content (AvgIpc) is 3.19. The molecule has 32 heavy (non-hydrogen) atoms. The predicted molar refractivity (Wildman–Crippen MR) is 123 cm³/mol. The van der Waals surface area contributed by atoms with Gasteiger partial charge in [0.1, 0.15) is 5.70 Å². The van der Waals surface area contributed by atoms with Crippen molar-refractivity contribution < 1.29 is 21.6 Å². The Kier molecular flexibility index (Phi) is 6.61. The largest absolute Gasteiger partial charge is 0.430 e. The van der Waals surface area contributed by atoms with Crippen LogP contribution in [0.5, 0.6) is 0 Å². The molecular formula is C23H21F3N2O2S2. The zero-order valence-corrected chi connectivity index (χ0v) is 19.2. The van der Waals surface area contributed by atoms with Crippen LogP contribution in [0, 0.1) is 13.8 Å². The Labute approximate surface area is 188 Å². The predicted octanol–water partition coefficient (Wildman–Crippen LogP) is 5.96. The molecule has 0 spiro atoms. The zero-order valence-electron chi connectivity index (χ0n) is 17.6. The molecule has 2 aromatic carbocycles. The maximum Gasteiger partial charge on any atom is 0.430 e. The van der Waals surface area contributed by atoms with Crippen molar-refractivity contribution in [2.24, 2.45) is 10.7 Å². The number of alkyl halides is 3. The molecule has 0 saturated heterocycles. The Balaban J connectivity index is 2.12. The number of nitrogens with two attached hydrogens (primary N) is 1. The number of sulfone groups is 1. The standard InChI is InChI=1S/C23H21F3N2O2S2/c1-14-7-8-15(2)18(11-14)28-19(13-22(27)23(24,25)26)21-10-9-20(31-21)16-5-4-6-17(12-16)32(3,29)30/h4-13H,27H2,1-3H3/b22-13-,28-19?. The molecule has 4 nitrogen and oxygen atoms in total. The van der Waals surface area contributed by atoms with Crippen molar-refractivity contribution in [1.29, 1.82) is 0 Å². The van der Waals surface area contributed by atoms with Crippen LogP contribution in [0.1, 0.15) is 16.0 Å². The van der Waals surface area contributed by atoms with Crippen LogP contribution in [0.15, 0.2) is 76.3 Å². The molecule has 9 heteroatoms. The van der Waals surface area contributed by atoms with Gasteiger partial charge in [0.05, 0.1) is 21.2 Å². The summed E-state index contributed by atoms with van der Waals surface area (Å²) in [6, 6.07) is 15.3. The van der Waals surface area contributed by atoms with Crippen LogP contribution < -0.4 is 5.73 Å². The van der Waals surface area contributed by atoms with Crippen LogP contribution in [0.2, 0.25) is 0 Å². The lowest BCUT2D eigenvalue weighted by atomic mass is 10.1. The molecular weight excluding hydrogens is 457 g/mol. The molecule has 2 N–H and O–H groups in total. The highest BCUT2D eigenvalue weighted by Crippen LogP contribution is 2.32. The number of aliphatic imine (C=N–C) groups is 1. The van der Waals surface area contributed by atoms with E-state index < -0.39 is 21.7 Å². The van der Waals surface area contributed by atoms with Gasteiger partial charge in [0, 0.05) is 11.1 Å². The topological polar surface area (TPSA) is 72.5 Å². The van der Waals surface area contributed by atoms with Gasteiger partial charge >= 0.3 is 6.18 Å². The van der Waals surface area contributed by atoms with E-state index >= 15 is 0 Å². The number of nitrogens with zero attached hydrogens (tertiary/aromatic N) is 1. The smallest absolute Gasteiger partial charge is 0.395 e. The number of aryl methyl sites for hydroxylation is 2. The first-order valence-electron chi connectivity index (χ1n) is 9.45. The van der Waals surface area contributed by atoms with Crippen molar-refractivity contribution in [3.8, 4) is 10.4 Å². The minimum atomic E-state index is -4.69. The molecule has 1 heterocycles. The van der Waals surface area contributed by atoms with Gasteiger partial charge in [-0.3, -0.25) is 0 Å². The van der Waals surface area contributed by atoms with Gasteiger partial charge in [0.15, 0.2) is 9.84 Å². The van der Waals surface area contributed by atoms with Gasteiger partial charge in [-0.05, 0) is 66.9 Å². The number of rotatable bonds is 5. The van der Waals surface area contributed by atoms with Gasteiger partial charge in [-0.1, -0.05) is 24.3 Å². The molecule has 0 fully saturated rings. The van der Waals surface area contributed by atoms with Gasteiger partial charge in [-0.15, -0.1) is 11.3 Å². The number of hydrogen-bond donors (Lipinski definition) is 1. The fourth-order valence-corrected chi connectivity index (χ4v) is 4.50. The van der Waals surface area contributed by atoms with Gasteiger partial charge in [0.25, 0.3) is 0 Å². The Morgan fingerprint density at radius 1 is 1.06 bits per heavy atom. The maximum absolute atomic E-state index is 13.1. The Bertz CT molecular complexity index is 1320. The third-order valence-electron chi connectivity index (χ3n) is 4.63. The molecule has 1 aromatic heterocycles. The van der Waals surface area contributed by atoms with Gasteiger partial charge in [0.2, 0.25) is 0 Å². The van der Waals surface area contributed by atoms with Gasteiger partial charge in [-0.2, -0.15) is 13.2 Å². The quantitative estimate of drug-likeness (QED) is 0.460. The number of halogens is 3. The molecule has 0 unspecified atom stereocenters. The second-order valence-electron chi connectivity index (χ2n) is 7.35. The van der Waals surface area contributed by atoms with Crippen LogP contribution in [0.3, 0.4) is 0 Å². The highest BCUT2D eigenvalue weighted by molar-refractivity contribution is 7.90. The summed E-state index contributed by atoms with van der Waals surface area (Å²) in [4.78, 5) is 5.81. The fourth-order valence-electron chi connectivity index (χ4n) is 2.87. The van der Waals surface area contributed by atoms with Crippen molar-refractivity contribution in [3.05, 3.63) is 82.4 Å². The van der Waals surface area contributed by atoms with E-state index in [0.29, 0.717) is 21.0 Å². The molecule has 3 rings (SSSR count). The minimum Gasteiger partial charge on any atom is -0.395 e. The summed E-state index contributed by atoms with van der Waals surface area (Å²) >= 11 is 1.20. The second-order valence-corrected chi connectivity index (χ2v) is 10.4. The SMILES string of the molecule is Cc1ccc(C)c(N=C(/C=C(\N)C(F)(F)F)c2ccc(-c3cccc(S(C)(=O)=O)c3)s2)c1. The summed E-state index contributed by atoms with van der Waals surface area (Å²) in [7, 11) is -3.39. The maximum atomic E-state index is 13.1. The average molecular weight is 479 g/mol. The van der Waals surface area contributed by atoms with Crippen molar-refractivity contribution in [2.75, 3.05) is 6.26 Å². The van der Waals surface area contributed by atoms with E-state index in [1.807, 2.05) is 26.0 Å². The van der Waals surface area contributed by atoms with E-state index in [1.54, 1.807) is 30.3 Å². The molecule has 0 saturated carbocycles. The summed E-state index contributed by atoms with van der Waals surface area (Å²) in [5, 5.41) is 0. The molecule has 0 aliphatic heterocycles. The highest BCUT2D eigenvalue weighted by Gasteiger charge is 2.32. The van der Waals surface area contributed by atoms with Crippen LogP contribution >= 0.6 is 11.3 Å². The lowest BCUT2D eigenvalue weighted by Gasteiger charge is -2.08. The molecule has 0 aliphatic carbocycles. The first kappa shape index (κ1) is 23.7. The van der Waals surface area contributed by atoms with Gasteiger partial charge in [-0.25, -0.2) is 13.4 Å². The number of hydrogen-bond acceptors (Lipinski definition) is 5. The Morgan fingerprint density at radius 2 is 1.78 bits per heavy atom. The Hall–Kier alpha value is -2.91. The van der Waals surface area contributed by atoms with Crippen molar-refractivity contribution in [3.63, 3.8) is 0 Å². The number of benzene rings is 2. The first-order chi connectivity index (χ1) is 14.8. The first-order valence-corrected chi connectivity index (χ1v) is 12.2. The lowest BCUT2D eigenvalue weighted by Crippen LogP contribution is -2.20. The number of thiophene rings is 1. The minimum absolute atomic E-state index is 0.0732. The summed E-state index contributed by atoms with van der Waals surface area (Å²) in [6.07, 6.45) is -2.75. The third kappa shape index (κ3) is 5.66. The molecule has 0 atom stereocenters. The summed E-state index contributed by atoms with van der Waals surface area (Å²) in [5.41, 5.74) is 7.02. The Morgan fingerprint density at radius 3 is 2.44 bits per heavy atom. The van der Waals surface area contributed by atoms with Crippen LogP contribution in [0.25, 0.3) is 10.4 Å². The molecule has 0 amide bonds. The van der Waals surface area contributed by atoms with E-state index in [-0.39, 0.29) is 10.6 Å². The second kappa shape index (κ2) is 8.91. The molecule has 168 valence electrons. The summed E-state index contributed by atoms with van der Waals surface area (Å²) in [5.74, 6) is 0. The van der Waals surface area contributed by atoms with E-state index in [4.69, 9.17) is 5.73 Å². The van der Waals surface area contributed by atoms with Crippen molar-refractivity contribution in [2.45, 2.75) is 24.9 Å². The van der Waals surface area contributed by atoms with Gasteiger partial charge < -0.3 is 5.73 Å². The third-order valence-corrected chi connectivity index (χ3v) is 6.90. The summed E-state index contributed by atoms with van der Waals surface area (Å²) < 4.78 is 63.1. The van der Waals surface area contributed by atoms with E-state index in [2.05, 4.69) is 4.99 Å². The van der Waals surface area contributed by atoms with Crippen LogP contribution in [-0.4, -0.2) is 26.6 Å². The molecule has 0 aliphatic rings. The van der Waals surface area contributed by atoms with Crippen molar-refractivity contribution >= 4 is 32.6 Å². The molecule has 0 radical (unpaired) electrons. The van der Waals surface area contributed by atoms with E-state index in [9.17, 15) is 21.6 Å². The molecule has 3 aromatic rings. The highest BCUT2D eigenvalue weighted by atomic mass is 32.2. The fraction of sp³-hybridized carbons (Fsp3) is 0.174. The van der Waals surface area contributed by atoms with Crippen LogP contribution in [-0.2, 0) is 9.84 Å². The zero-order chi connectivity index (χ0) is 23.7. The summed E-state index contributed by atoms with van der Waals surface area (Å²) in [6.45, 7) is 3.69. The number of allylic oxidation sites excluding steroid dienone is 2. The van der Waals surface area contributed by atoms with E-state index in [1.165, 1.54) is 23.5 Å². The van der Waals surface area contributed by atoms with E-state index in [0.717, 1.165) is 23.5 Å². The van der Waals surface area contributed by atoms with Crippen molar-refractivity contribution in [1.82, 2.24) is 0 Å². The van der Waals surface area contributed by atoms with Crippen LogP contribution in [0.4, 0.5) is 18.9 Å². The molecule has 0 bridgehead atoms. The monoisotopic (exact) mass is 478 g/mol. The lowest BCUT2D eigenvalue weighted by molar-refractivity contribution is -0.0925.